The van der Waals surface area contributed by atoms with E-state index in [1.54, 1.807) is 6.92 Å². The van der Waals surface area contributed by atoms with Crippen LogP contribution in [0.1, 0.15) is 31.2 Å². The van der Waals surface area contributed by atoms with Gasteiger partial charge in [0.25, 0.3) is 5.89 Å². The highest BCUT2D eigenvalue weighted by molar-refractivity contribution is 5.55. The Morgan fingerprint density at radius 1 is 1.14 bits per heavy atom. The van der Waals surface area contributed by atoms with E-state index in [0.29, 0.717) is 17.9 Å². The Morgan fingerprint density at radius 2 is 1.95 bits per heavy atom. The van der Waals surface area contributed by atoms with Crippen LogP contribution >= 0.6 is 0 Å². The molecule has 0 aliphatic carbocycles. The lowest BCUT2D eigenvalue weighted by Crippen LogP contribution is -2.16. The lowest BCUT2D eigenvalue weighted by molar-refractivity contribution is 0.487. The molecular weight excluding hydrogens is 276 g/mol. The Morgan fingerprint density at radius 3 is 2.71 bits per heavy atom. The van der Waals surface area contributed by atoms with Crippen molar-refractivity contribution in [3.63, 3.8) is 0 Å². The van der Waals surface area contributed by atoms with Crippen molar-refractivity contribution >= 4 is 0 Å². The van der Waals surface area contributed by atoms with Crippen LogP contribution in [0.25, 0.3) is 11.5 Å². The first kappa shape index (κ1) is 15.6. The third-order valence-corrected chi connectivity index (χ3v) is 3.12. The number of aryl methyl sites for hydroxylation is 2. The fraction of sp³-hybridized carbons (Fsp3) is 0.467. The SMILES string of the molecule is CCCNCCCc1nnc(-c2cc(C)c(F)cc2F)o1. The van der Waals surface area contributed by atoms with Crippen molar-refractivity contribution in [3.8, 4) is 11.5 Å². The first-order chi connectivity index (χ1) is 10.1. The van der Waals surface area contributed by atoms with Gasteiger partial charge in [0.1, 0.15) is 11.6 Å². The number of halogens is 2. The summed E-state index contributed by atoms with van der Waals surface area (Å²) in [6.07, 6.45) is 2.59. The van der Waals surface area contributed by atoms with E-state index in [1.807, 2.05) is 0 Å². The average molecular weight is 295 g/mol. The molecule has 0 bridgehead atoms. The number of rotatable bonds is 7. The largest absolute Gasteiger partial charge is 0.421 e. The van der Waals surface area contributed by atoms with E-state index in [-0.39, 0.29) is 11.5 Å². The van der Waals surface area contributed by atoms with Gasteiger partial charge in [-0.2, -0.15) is 0 Å². The molecule has 0 fully saturated rings. The fourth-order valence-electron chi connectivity index (χ4n) is 1.95. The van der Waals surface area contributed by atoms with Crippen LogP contribution in [0, 0.1) is 18.6 Å². The van der Waals surface area contributed by atoms with Crippen LogP contribution in [0.5, 0.6) is 0 Å². The van der Waals surface area contributed by atoms with Crippen molar-refractivity contribution in [3.05, 3.63) is 35.2 Å². The van der Waals surface area contributed by atoms with Crippen molar-refractivity contribution in [2.24, 2.45) is 0 Å². The Labute approximate surface area is 122 Å². The topological polar surface area (TPSA) is 51.0 Å². The maximum Gasteiger partial charge on any atom is 0.250 e. The van der Waals surface area contributed by atoms with Gasteiger partial charge in [0, 0.05) is 12.5 Å². The third-order valence-electron chi connectivity index (χ3n) is 3.12. The van der Waals surface area contributed by atoms with Crippen LogP contribution in [0.2, 0.25) is 0 Å². The van der Waals surface area contributed by atoms with E-state index < -0.39 is 11.6 Å². The highest BCUT2D eigenvalue weighted by Gasteiger charge is 2.15. The first-order valence-corrected chi connectivity index (χ1v) is 7.11. The summed E-state index contributed by atoms with van der Waals surface area (Å²) < 4.78 is 32.4. The lowest BCUT2D eigenvalue weighted by atomic mass is 10.1. The minimum atomic E-state index is -0.696. The van der Waals surface area contributed by atoms with Gasteiger partial charge in [-0.05, 0) is 44.5 Å². The molecule has 0 unspecified atom stereocenters. The summed E-state index contributed by atoms with van der Waals surface area (Å²) in [5, 5.41) is 11.0. The molecule has 21 heavy (non-hydrogen) atoms. The molecule has 1 aromatic carbocycles. The van der Waals surface area contributed by atoms with Gasteiger partial charge >= 0.3 is 0 Å². The summed E-state index contributed by atoms with van der Waals surface area (Å²) >= 11 is 0. The van der Waals surface area contributed by atoms with Crippen molar-refractivity contribution in [2.45, 2.75) is 33.1 Å². The van der Waals surface area contributed by atoms with Crippen molar-refractivity contribution in [2.75, 3.05) is 13.1 Å². The molecule has 0 radical (unpaired) electrons. The van der Waals surface area contributed by atoms with E-state index in [9.17, 15) is 8.78 Å². The highest BCUT2D eigenvalue weighted by Crippen LogP contribution is 2.24. The van der Waals surface area contributed by atoms with E-state index in [4.69, 9.17) is 4.42 Å². The van der Waals surface area contributed by atoms with Gasteiger partial charge in [-0.15, -0.1) is 10.2 Å². The molecule has 1 heterocycles. The summed E-state index contributed by atoms with van der Waals surface area (Å²) in [6.45, 7) is 5.52. The predicted octanol–water partition coefficient (Wildman–Crippen LogP) is 3.26. The van der Waals surface area contributed by atoms with Crippen molar-refractivity contribution in [1.29, 1.82) is 0 Å². The van der Waals surface area contributed by atoms with Crippen LogP contribution in [-0.4, -0.2) is 23.3 Å². The quantitative estimate of drug-likeness (QED) is 0.797. The number of aromatic nitrogens is 2. The number of nitrogens with one attached hydrogen (secondary N) is 1. The van der Waals surface area contributed by atoms with Gasteiger partial charge in [-0.3, -0.25) is 0 Å². The first-order valence-electron chi connectivity index (χ1n) is 7.11. The van der Waals surface area contributed by atoms with Crippen molar-refractivity contribution < 1.29 is 13.2 Å². The van der Waals surface area contributed by atoms with E-state index in [1.165, 1.54) is 6.07 Å². The number of benzene rings is 1. The van der Waals surface area contributed by atoms with Crippen LogP contribution in [0.4, 0.5) is 8.78 Å². The summed E-state index contributed by atoms with van der Waals surface area (Å²) in [5.41, 5.74) is 0.478. The monoisotopic (exact) mass is 295 g/mol. The minimum absolute atomic E-state index is 0.0899. The lowest BCUT2D eigenvalue weighted by Gasteiger charge is -2.01. The highest BCUT2D eigenvalue weighted by atomic mass is 19.1. The molecule has 0 saturated heterocycles. The zero-order chi connectivity index (χ0) is 15.2. The summed E-state index contributed by atoms with van der Waals surface area (Å²) in [6, 6.07) is 2.22. The molecule has 2 rings (SSSR count). The molecule has 114 valence electrons. The maximum absolute atomic E-state index is 13.7. The van der Waals surface area contributed by atoms with Crippen molar-refractivity contribution in [1.82, 2.24) is 15.5 Å². The molecule has 4 nitrogen and oxygen atoms in total. The Balaban J connectivity index is 2.01. The summed E-state index contributed by atoms with van der Waals surface area (Å²) in [5.74, 6) is -0.729. The average Bonchev–Trinajstić information content (AvgIpc) is 2.91. The van der Waals surface area contributed by atoms with E-state index in [2.05, 4.69) is 22.4 Å². The molecule has 0 amide bonds. The number of hydrogen-bond acceptors (Lipinski definition) is 4. The normalized spacial score (nSPS) is 11.0. The number of nitrogens with zero attached hydrogens (tertiary/aromatic N) is 2. The predicted molar refractivity (Wildman–Crippen MR) is 75.9 cm³/mol. The smallest absolute Gasteiger partial charge is 0.250 e. The van der Waals surface area contributed by atoms with E-state index >= 15 is 0 Å². The Hall–Kier alpha value is -1.82. The van der Waals surface area contributed by atoms with Gasteiger partial charge in [-0.25, -0.2) is 8.78 Å². The zero-order valence-electron chi connectivity index (χ0n) is 12.2. The summed E-state index contributed by atoms with van der Waals surface area (Å²) in [7, 11) is 0. The molecule has 0 atom stereocenters. The van der Waals surface area contributed by atoms with E-state index in [0.717, 1.165) is 32.0 Å². The fourth-order valence-corrected chi connectivity index (χ4v) is 1.95. The van der Waals surface area contributed by atoms with Crippen LogP contribution in [0.15, 0.2) is 16.5 Å². The second-order valence-electron chi connectivity index (χ2n) is 4.94. The Kier molecular flexibility index (Phi) is 5.38. The molecule has 2 aromatic rings. The van der Waals surface area contributed by atoms with Crippen LogP contribution in [0.3, 0.4) is 0 Å². The summed E-state index contributed by atoms with van der Waals surface area (Å²) in [4.78, 5) is 0. The molecule has 6 heteroatoms. The number of hydrogen-bond donors (Lipinski definition) is 1. The van der Waals surface area contributed by atoms with Crippen LogP contribution < -0.4 is 5.32 Å². The van der Waals surface area contributed by atoms with Crippen LogP contribution in [-0.2, 0) is 6.42 Å². The Bertz CT molecular complexity index is 599. The van der Waals surface area contributed by atoms with Gasteiger partial charge < -0.3 is 9.73 Å². The molecule has 0 aliphatic rings. The molecule has 0 saturated carbocycles. The molecule has 0 spiro atoms. The van der Waals surface area contributed by atoms with Gasteiger partial charge in [-0.1, -0.05) is 6.92 Å². The van der Waals surface area contributed by atoms with Gasteiger partial charge in [0.2, 0.25) is 5.89 Å². The van der Waals surface area contributed by atoms with Gasteiger partial charge in [0.15, 0.2) is 0 Å². The third kappa shape index (κ3) is 4.07. The minimum Gasteiger partial charge on any atom is -0.421 e. The maximum atomic E-state index is 13.7. The molecule has 1 N–H and O–H groups in total. The molecule has 0 aliphatic heterocycles. The zero-order valence-corrected chi connectivity index (χ0v) is 12.2. The molecular formula is C15H19F2N3O. The second-order valence-corrected chi connectivity index (χ2v) is 4.94. The second kappa shape index (κ2) is 7.26. The molecule has 1 aromatic heterocycles. The van der Waals surface area contributed by atoms with Gasteiger partial charge in [0.05, 0.1) is 5.56 Å². The standard InChI is InChI=1S/C15H19F2N3O/c1-3-6-18-7-4-5-14-19-20-15(21-14)11-8-10(2)12(16)9-13(11)17/h8-9,18H,3-7H2,1-2H3.